The number of primary amides is 1. The lowest BCUT2D eigenvalue weighted by atomic mass is 9.96. The summed E-state index contributed by atoms with van der Waals surface area (Å²) in [5, 5.41) is 3.35. The minimum atomic E-state index is -2.46. The Balaban J connectivity index is 1.70. The average Bonchev–Trinajstić information content (AvgIpc) is 3.13. The van der Waals surface area contributed by atoms with Crippen molar-refractivity contribution in [1.29, 1.82) is 0 Å². The summed E-state index contributed by atoms with van der Waals surface area (Å²) >= 11 is 1.45. The van der Waals surface area contributed by atoms with Gasteiger partial charge in [0.2, 0.25) is 5.91 Å². The van der Waals surface area contributed by atoms with Gasteiger partial charge in [-0.05, 0) is 48.9 Å². The van der Waals surface area contributed by atoms with E-state index in [9.17, 15) is 18.0 Å². The summed E-state index contributed by atoms with van der Waals surface area (Å²) in [6.45, 7) is 5.10. The topological polar surface area (TPSA) is 128 Å². The van der Waals surface area contributed by atoms with Crippen LogP contribution in [-0.4, -0.2) is 31.0 Å². The molecule has 0 aliphatic carbocycles. The Labute approximate surface area is 216 Å². The summed E-state index contributed by atoms with van der Waals surface area (Å²) in [5.41, 5.74) is 9.37. The van der Waals surface area contributed by atoms with Crippen LogP contribution in [0.15, 0.2) is 48.5 Å². The van der Waals surface area contributed by atoms with Crippen molar-refractivity contribution in [2.45, 2.75) is 57.8 Å². The van der Waals surface area contributed by atoms with Crippen molar-refractivity contribution in [2.75, 3.05) is 5.32 Å². The van der Waals surface area contributed by atoms with E-state index < -0.39 is 22.4 Å². The fourth-order valence-electron chi connectivity index (χ4n) is 3.90. The third-order valence-electron chi connectivity index (χ3n) is 5.44. The Bertz CT molecular complexity index is 1270. The molecular weight excluding hydrogens is 498 g/mol. The highest BCUT2D eigenvalue weighted by Crippen LogP contribution is 2.27. The van der Waals surface area contributed by atoms with Crippen LogP contribution in [0, 0.1) is 0 Å². The smallest absolute Gasteiger partial charge is 0.405 e. The van der Waals surface area contributed by atoms with Crippen LogP contribution in [0.4, 0.5) is 9.93 Å². The van der Waals surface area contributed by atoms with Gasteiger partial charge in [-0.2, -0.15) is 0 Å². The minimum Gasteiger partial charge on any atom is -0.443 e. The first kappa shape index (κ1) is 27.3. The molecule has 2 aromatic carbocycles. The number of rotatable bonds is 11. The van der Waals surface area contributed by atoms with Crippen LogP contribution < -0.4 is 11.1 Å². The molecule has 2 amide bonds. The van der Waals surface area contributed by atoms with E-state index in [4.69, 9.17) is 10.5 Å². The summed E-state index contributed by atoms with van der Waals surface area (Å²) in [6, 6.07) is 15.6. The van der Waals surface area contributed by atoms with Crippen LogP contribution in [0.2, 0.25) is 0 Å². The first-order valence-corrected chi connectivity index (χ1v) is 13.7. The Morgan fingerprint density at radius 3 is 2.14 bits per heavy atom. The van der Waals surface area contributed by atoms with E-state index in [-0.39, 0.29) is 11.7 Å². The zero-order valence-electron chi connectivity index (χ0n) is 20.6. The van der Waals surface area contributed by atoms with Gasteiger partial charge in [0.05, 0.1) is 11.4 Å². The molecule has 0 fully saturated rings. The van der Waals surface area contributed by atoms with E-state index in [0.717, 1.165) is 39.2 Å². The summed E-state index contributed by atoms with van der Waals surface area (Å²) in [7, 11) is -2.46. The number of thiol groups is 1. The summed E-state index contributed by atoms with van der Waals surface area (Å²) in [5.74, 6) is -0.139. The number of thiazole rings is 1. The molecule has 0 unspecified atom stereocenters. The normalized spacial score (nSPS) is 11.4. The van der Waals surface area contributed by atoms with Crippen LogP contribution in [0.1, 0.15) is 53.6 Å². The number of hydrogen-bond acceptors (Lipinski definition) is 7. The van der Waals surface area contributed by atoms with Crippen molar-refractivity contribution in [1.82, 2.24) is 4.98 Å². The molecule has 8 nitrogen and oxygen atoms in total. The number of nitrogens with zero attached hydrogens (tertiary/aromatic N) is 1. The summed E-state index contributed by atoms with van der Waals surface area (Å²) in [6.07, 6.45) is 1.88. The van der Waals surface area contributed by atoms with Gasteiger partial charge in [-0.3, -0.25) is 4.79 Å². The fraction of sp³-hybridized carbons (Fsp3) is 0.346. The number of aromatic nitrogens is 1. The number of carbonyl (C=O) groups excluding carboxylic acids is 2. The number of nitrogens with one attached hydrogen (secondary N) is 1. The number of aryl methyl sites for hydroxylation is 2. The van der Waals surface area contributed by atoms with Gasteiger partial charge in [0.15, 0.2) is 5.13 Å². The number of nitrogens with two attached hydrogens (primary N) is 1. The molecule has 0 radical (unpaired) electrons. The van der Waals surface area contributed by atoms with Crippen molar-refractivity contribution >= 4 is 39.2 Å². The van der Waals surface area contributed by atoms with Gasteiger partial charge in [0.1, 0.15) is 16.3 Å². The highest BCUT2D eigenvalue weighted by atomic mass is 32.2. The highest BCUT2D eigenvalue weighted by Gasteiger charge is 2.22. The molecule has 1 heterocycles. The molecule has 0 aliphatic rings. The molecule has 36 heavy (non-hydrogen) atoms. The predicted molar refractivity (Wildman–Crippen MR) is 142 cm³/mol. The molecule has 0 saturated heterocycles. The lowest BCUT2D eigenvalue weighted by molar-refractivity contribution is -0.114. The second kappa shape index (κ2) is 12.1. The monoisotopic (exact) mass is 529 g/mol. The number of anilines is 1. The summed E-state index contributed by atoms with van der Waals surface area (Å²) < 4.78 is 27.1. The first-order chi connectivity index (χ1) is 17.0. The molecule has 0 saturated carbocycles. The van der Waals surface area contributed by atoms with Gasteiger partial charge in [0.25, 0.3) is 0 Å². The van der Waals surface area contributed by atoms with Gasteiger partial charge < -0.3 is 15.8 Å². The van der Waals surface area contributed by atoms with E-state index in [1.807, 2.05) is 50.2 Å². The van der Waals surface area contributed by atoms with E-state index in [1.54, 1.807) is 0 Å². The van der Waals surface area contributed by atoms with E-state index in [1.165, 1.54) is 18.3 Å². The fourth-order valence-corrected chi connectivity index (χ4v) is 5.50. The largest absolute Gasteiger partial charge is 0.443 e. The third kappa shape index (κ3) is 8.76. The average molecular weight is 530 g/mol. The molecular formula is C26H31N3O5S2. The molecule has 1 aromatic heterocycles. The molecule has 0 aliphatic heterocycles. The van der Waals surface area contributed by atoms with Crippen LogP contribution in [0.25, 0.3) is 0 Å². The maximum Gasteiger partial charge on any atom is 0.405 e. The lowest BCUT2D eigenvalue weighted by Crippen LogP contribution is -2.33. The van der Waals surface area contributed by atoms with Crippen molar-refractivity contribution in [2.24, 2.45) is 5.73 Å². The predicted octanol–water partition coefficient (Wildman–Crippen LogP) is 4.01. The van der Waals surface area contributed by atoms with Gasteiger partial charge in [-0.25, -0.2) is 18.2 Å². The molecule has 3 aromatic rings. The van der Waals surface area contributed by atoms with Crippen molar-refractivity contribution in [3.05, 3.63) is 81.4 Å². The van der Waals surface area contributed by atoms with Crippen LogP contribution >= 0.6 is 11.3 Å². The van der Waals surface area contributed by atoms with Gasteiger partial charge in [0, 0.05) is 24.6 Å². The number of hydrogen-bond donors (Lipinski definition) is 3. The standard InChI is InChI=1S/C26H31N3O5S2/c1-17(30)28-25-29-22(23(35-25)14-19-6-10-21(11-7-19)16-36(32)33)13-12-18-4-8-20(9-5-18)15-26(2,3)34-24(27)31/h4-11,36H,12-16H2,1-3H3,(H2,27,31)(H,28,29,30). The highest BCUT2D eigenvalue weighted by molar-refractivity contribution is 7.71. The summed E-state index contributed by atoms with van der Waals surface area (Å²) in [4.78, 5) is 28.4. The Hall–Kier alpha value is -3.24. The van der Waals surface area contributed by atoms with Crippen LogP contribution in [0.5, 0.6) is 0 Å². The zero-order valence-corrected chi connectivity index (χ0v) is 22.3. The molecule has 3 N–H and O–H groups in total. The van der Waals surface area contributed by atoms with Gasteiger partial charge >= 0.3 is 6.09 Å². The van der Waals surface area contributed by atoms with Crippen LogP contribution in [-0.2, 0) is 51.7 Å². The molecule has 10 heteroatoms. The molecule has 3 rings (SSSR count). The number of benzene rings is 2. The minimum absolute atomic E-state index is 0.0303. The Kier molecular flexibility index (Phi) is 9.22. The van der Waals surface area contributed by atoms with Crippen molar-refractivity contribution in [3.63, 3.8) is 0 Å². The first-order valence-electron chi connectivity index (χ1n) is 11.5. The molecule has 0 spiro atoms. The maximum atomic E-state index is 11.6. The second-order valence-electron chi connectivity index (χ2n) is 9.23. The van der Waals surface area contributed by atoms with Crippen molar-refractivity contribution in [3.8, 4) is 0 Å². The molecule has 192 valence electrons. The Morgan fingerprint density at radius 1 is 0.972 bits per heavy atom. The van der Waals surface area contributed by atoms with Crippen LogP contribution in [0.3, 0.4) is 0 Å². The number of carbonyl (C=O) groups is 2. The lowest BCUT2D eigenvalue weighted by Gasteiger charge is -2.24. The van der Waals surface area contributed by atoms with E-state index in [2.05, 4.69) is 22.4 Å². The maximum absolute atomic E-state index is 11.6. The SMILES string of the molecule is CC(=O)Nc1nc(CCc2ccc(CC(C)(C)OC(N)=O)cc2)c(Cc2ccc(C[SH](=O)=O)cc2)s1. The quantitative estimate of drug-likeness (QED) is 0.322. The van der Waals surface area contributed by atoms with Gasteiger partial charge in [-0.1, -0.05) is 48.5 Å². The zero-order chi connectivity index (χ0) is 26.3. The third-order valence-corrected chi connectivity index (χ3v) is 7.08. The second-order valence-corrected chi connectivity index (χ2v) is 11.3. The Morgan fingerprint density at radius 2 is 1.56 bits per heavy atom. The number of ether oxygens (including phenoxy) is 1. The van der Waals surface area contributed by atoms with Gasteiger partial charge in [-0.15, -0.1) is 11.3 Å². The van der Waals surface area contributed by atoms with Crippen molar-refractivity contribution < 1.29 is 22.7 Å². The molecule has 0 atom stereocenters. The van der Waals surface area contributed by atoms with E-state index in [0.29, 0.717) is 24.4 Å². The number of amides is 2. The van der Waals surface area contributed by atoms with E-state index >= 15 is 0 Å². The molecule has 0 bridgehead atoms.